The maximum absolute atomic E-state index is 9.46. The Labute approximate surface area is 123 Å². The maximum atomic E-state index is 9.46. The molecule has 1 heterocycles. The van der Waals surface area contributed by atoms with Gasteiger partial charge in [0.15, 0.2) is 0 Å². The van der Waals surface area contributed by atoms with E-state index in [9.17, 15) is 5.26 Å². The second kappa shape index (κ2) is 5.44. The highest BCUT2D eigenvalue weighted by molar-refractivity contribution is 7.71. The smallest absolute Gasteiger partial charge is 0.112 e. The summed E-state index contributed by atoms with van der Waals surface area (Å²) < 4.78 is 0.661. The summed E-state index contributed by atoms with van der Waals surface area (Å²) in [6, 6.07) is 12.4. The van der Waals surface area contributed by atoms with Crippen LogP contribution in [0.4, 0.5) is 0 Å². The molecule has 0 atom stereocenters. The van der Waals surface area contributed by atoms with Crippen LogP contribution in [0.2, 0.25) is 0 Å². The van der Waals surface area contributed by atoms with Gasteiger partial charge in [0.1, 0.15) is 10.7 Å². The van der Waals surface area contributed by atoms with Gasteiger partial charge in [-0.25, -0.2) is 0 Å². The summed E-state index contributed by atoms with van der Waals surface area (Å²) in [6.07, 6.45) is 7.01. The molecule has 3 rings (SSSR count). The predicted octanol–water partition coefficient (Wildman–Crippen LogP) is 4.27. The molecule has 3 heteroatoms. The summed E-state index contributed by atoms with van der Waals surface area (Å²) in [4.78, 5) is 3.28. The molecule has 0 fully saturated rings. The van der Waals surface area contributed by atoms with Gasteiger partial charge in [-0.1, -0.05) is 54.7 Å². The van der Waals surface area contributed by atoms with Crippen molar-refractivity contribution in [2.75, 3.05) is 0 Å². The normalized spacial score (nSPS) is 13.3. The van der Waals surface area contributed by atoms with Crippen molar-refractivity contribution in [2.45, 2.75) is 19.3 Å². The Morgan fingerprint density at radius 1 is 1.15 bits per heavy atom. The maximum Gasteiger partial charge on any atom is 0.112 e. The van der Waals surface area contributed by atoms with Crippen molar-refractivity contribution in [3.8, 4) is 6.07 Å². The molecule has 1 aromatic heterocycles. The molecule has 0 saturated heterocycles. The molecule has 0 radical (unpaired) electrons. The average Bonchev–Trinajstić information content (AvgIpc) is 2.93. The zero-order valence-corrected chi connectivity index (χ0v) is 11.8. The minimum absolute atomic E-state index is 0.661. The van der Waals surface area contributed by atoms with Crippen LogP contribution in [0.3, 0.4) is 0 Å². The number of hydrogen-bond donors (Lipinski definition) is 1. The van der Waals surface area contributed by atoms with Crippen LogP contribution in [0.1, 0.15) is 34.4 Å². The first-order valence-corrected chi connectivity index (χ1v) is 7.11. The molecule has 2 aromatic rings. The number of benzene rings is 1. The van der Waals surface area contributed by atoms with Crippen LogP contribution in [0, 0.1) is 16.0 Å². The van der Waals surface area contributed by atoms with E-state index in [1.165, 1.54) is 0 Å². The first-order chi connectivity index (χ1) is 9.79. The molecule has 2 nitrogen and oxygen atoms in total. The number of nitriles is 1. The fourth-order valence-electron chi connectivity index (χ4n) is 2.67. The van der Waals surface area contributed by atoms with Crippen LogP contribution in [0.25, 0.3) is 12.2 Å². The first-order valence-electron chi connectivity index (χ1n) is 6.71. The minimum Gasteiger partial charge on any atom is -0.349 e. The van der Waals surface area contributed by atoms with Gasteiger partial charge in [-0.15, -0.1) is 0 Å². The minimum atomic E-state index is 0.661. The van der Waals surface area contributed by atoms with E-state index in [0.717, 1.165) is 47.2 Å². The van der Waals surface area contributed by atoms with Crippen molar-refractivity contribution in [3.63, 3.8) is 0 Å². The standard InChI is InChI=1S/C17H14N2S/c18-11-15-13-7-4-8-16(13)19-17(20)14(15)10-9-12-5-2-1-3-6-12/h1-3,5-6,9-10H,4,7-8H2,(H,19,20). The van der Waals surface area contributed by atoms with Gasteiger partial charge >= 0.3 is 0 Å². The van der Waals surface area contributed by atoms with Crippen LogP contribution in [-0.4, -0.2) is 4.98 Å². The van der Waals surface area contributed by atoms with Crippen LogP contribution in [0.5, 0.6) is 0 Å². The molecule has 0 spiro atoms. The van der Waals surface area contributed by atoms with Gasteiger partial charge in [0, 0.05) is 11.3 Å². The fraction of sp³-hybridized carbons (Fsp3) is 0.176. The molecule has 1 aliphatic carbocycles. The van der Waals surface area contributed by atoms with Crippen molar-refractivity contribution < 1.29 is 0 Å². The SMILES string of the molecule is N#Cc1c2c([nH]c(=S)c1C=Cc1ccccc1)CCC2. The van der Waals surface area contributed by atoms with Crippen molar-refractivity contribution in [2.24, 2.45) is 0 Å². The zero-order valence-electron chi connectivity index (χ0n) is 11.0. The Hall–Kier alpha value is -2.18. The Bertz CT molecular complexity index is 764. The van der Waals surface area contributed by atoms with Gasteiger partial charge in [0.05, 0.1) is 5.56 Å². The highest BCUT2D eigenvalue weighted by atomic mass is 32.1. The van der Waals surface area contributed by atoms with Gasteiger partial charge in [-0.05, 0) is 30.4 Å². The monoisotopic (exact) mass is 278 g/mol. The van der Waals surface area contributed by atoms with E-state index < -0.39 is 0 Å². The molecule has 1 aromatic carbocycles. The first kappa shape index (κ1) is 12.8. The number of rotatable bonds is 2. The molecule has 0 saturated carbocycles. The summed E-state index contributed by atoms with van der Waals surface area (Å²) in [5.41, 5.74) is 4.98. The summed E-state index contributed by atoms with van der Waals surface area (Å²) in [5.74, 6) is 0. The predicted molar refractivity (Wildman–Crippen MR) is 83.7 cm³/mol. The number of H-pyrrole nitrogens is 1. The number of aromatic amines is 1. The third kappa shape index (κ3) is 2.31. The summed E-state index contributed by atoms with van der Waals surface area (Å²) >= 11 is 5.40. The lowest BCUT2D eigenvalue weighted by Gasteiger charge is -2.06. The molecule has 1 N–H and O–H groups in total. The Morgan fingerprint density at radius 2 is 1.95 bits per heavy atom. The van der Waals surface area contributed by atoms with Crippen LogP contribution in [-0.2, 0) is 12.8 Å². The van der Waals surface area contributed by atoms with Gasteiger partial charge < -0.3 is 4.98 Å². The van der Waals surface area contributed by atoms with E-state index in [0.29, 0.717) is 4.64 Å². The van der Waals surface area contributed by atoms with E-state index in [4.69, 9.17) is 12.2 Å². The van der Waals surface area contributed by atoms with Crippen LogP contribution >= 0.6 is 12.2 Å². The number of hydrogen-bond acceptors (Lipinski definition) is 2. The number of pyridine rings is 1. The van der Waals surface area contributed by atoms with Crippen molar-refractivity contribution >= 4 is 24.4 Å². The van der Waals surface area contributed by atoms with Crippen molar-refractivity contribution in [1.29, 1.82) is 5.26 Å². The van der Waals surface area contributed by atoms with Gasteiger partial charge in [0.2, 0.25) is 0 Å². The topological polar surface area (TPSA) is 39.6 Å². The lowest BCUT2D eigenvalue weighted by molar-refractivity contribution is 0.898. The van der Waals surface area contributed by atoms with Gasteiger partial charge in [-0.3, -0.25) is 0 Å². The lowest BCUT2D eigenvalue weighted by atomic mass is 10.0. The number of fused-ring (bicyclic) bond motifs is 1. The number of aryl methyl sites for hydroxylation is 1. The van der Waals surface area contributed by atoms with E-state index in [2.05, 4.69) is 11.1 Å². The number of nitrogens with one attached hydrogen (secondary N) is 1. The zero-order chi connectivity index (χ0) is 13.9. The van der Waals surface area contributed by atoms with Gasteiger partial charge in [0.25, 0.3) is 0 Å². The number of nitrogens with zero attached hydrogens (tertiary/aromatic N) is 1. The van der Waals surface area contributed by atoms with Crippen LogP contribution in [0.15, 0.2) is 30.3 Å². The summed E-state index contributed by atoms with van der Waals surface area (Å²) in [7, 11) is 0. The number of aromatic nitrogens is 1. The third-order valence-corrected chi connectivity index (χ3v) is 3.97. The highest BCUT2D eigenvalue weighted by Crippen LogP contribution is 2.27. The summed E-state index contributed by atoms with van der Waals surface area (Å²) in [5, 5.41) is 9.46. The largest absolute Gasteiger partial charge is 0.349 e. The second-order valence-corrected chi connectivity index (χ2v) is 5.32. The highest BCUT2D eigenvalue weighted by Gasteiger charge is 2.18. The van der Waals surface area contributed by atoms with Crippen molar-refractivity contribution in [3.05, 3.63) is 62.9 Å². The molecule has 0 unspecified atom stereocenters. The molecule has 0 amide bonds. The van der Waals surface area contributed by atoms with Gasteiger partial charge in [-0.2, -0.15) is 5.26 Å². The molecular formula is C17H14N2S. The second-order valence-electron chi connectivity index (χ2n) is 4.91. The van der Waals surface area contributed by atoms with Crippen LogP contribution < -0.4 is 0 Å². The van der Waals surface area contributed by atoms with Crippen molar-refractivity contribution in [1.82, 2.24) is 4.98 Å². The lowest BCUT2D eigenvalue weighted by Crippen LogP contribution is -1.97. The Balaban J connectivity index is 2.09. The Morgan fingerprint density at radius 3 is 2.70 bits per heavy atom. The van der Waals surface area contributed by atoms with E-state index in [-0.39, 0.29) is 0 Å². The van der Waals surface area contributed by atoms with E-state index in [1.54, 1.807) is 0 Å². The fourth-order valence-corrected chi connectivity index (χ4v) is 2.96. The molecular weight excluding hydrogens is 264 g/mol. The Kier molecular flexibility index (Phi) is 3.49. The van der Waals surface area contributed by atoms with E-state index in [1.807, 2.05) is 42.5 Å². The third-order valence-electron chi connectivity index (χ3n) is 3.65. The molecule has 1 aliphatic rings. The molecule has 0 bridgehead atoms. The van der Waals surface area contributed by atoms with E-state index >= 15 is 0 Å². The average molecular weight is 278 g/mol. The molecule has 20 heavy (non-hydrogen) atoms. The molecule has 98 valence electrons. The molecule has 0 aliphatic heterocycles. The summed E-state index contributed by atoms with van der Waals surface area (Å²) in [6.45, 7) is 0. The quantitative estimate of drug-likeness (QED) is 0.833.